The van der Waals surface area contributed by atoms with E-state index in [9.17, 15) is 0 Å². The molecule has 0 spiro atoms. The highest BCUT2D eigenvalue weighted by molar-refractivity contribution is 4.84. The minimum Gasteiger partial charge on any atom is -0.377 e. The van der Waals surface area contributed by atoms with Gasteiger partial charge in [0.25, 0.3) is 0 Å². The van der Waals surface area contributed by atoms with Crippen LogP contribution >= 0.6 is 0 Å². The normalized spacial score (nSPS) is 39.2. The van der Waals surface area contributed by atoms with E-state index in [1.54, 1.807) is 0 Å². The lowest BCUT2D eigenvalue weighted by Gasteiger charge is -2.23. The monoisotopic (exact) mass is 239 g/mol. The van der Waals surface area contributed by atoms with Gasteiger partial charge in [-0.05, 0) is 38.5 Å². The molecule has 0 aromatic heterocycles. The zero-order valence-corrected chi connectivity index (χ0v) is 11.6. The predicted molar refractivity (Wildman–Crippen MR) is 72.2 cm³/mol. The Labute approximate surface area is 107 Å². The van der Waals surface area contributed by atoms with Gasteiger partial charge in [-0.1, -0.05) is 32.6 Å². The Morgan fingerprint density at radius 3 is 2.71 bits per heavy atom. The second-order valence-electron chi connectivity index (χ2n) is 6.00. The van der Waals surface area contributed by atoms with Crippen molar-refractivity contribution in [2.45, 2.75) is 83.4 Å². The highest BCUT2D eigenvalue weighted by atomic mass is 16.5. The average Bonchev–Trinajstić information content (AvgIpc) is 2.59. The summed E-state index contributed by atoms with van der Waals surface area (Å²) in [5, 5.41) is 3.85. The molecule has 1 saturated carbocycles. The fourth-order valence-corrected chi connectivity index (χ4v) is 3.50. The smallest absolute Gasteiger partial charge is 0.0700 e. The summed E-state index contributed by atoms with van der Waals surface area (Å²) >= 11 is 0. The Bertz CT molecular complexity index is 219. The van der Waals surface area contributed by atoms with E-state index < -0.39 is 0 Å². The second-order valence-corrected chi connectivity index (χ2v) is 6.00. The molecule has 4 atom stereocenters. The highest BCUT2D eigenvalue weighted by Gasteiger charge is 2.27. The summed E-state index contributed by atoms with van der Waals surface area (Å²) in [6, 6.07) is 1.37. The average molecular weight is 239 g/mol. The molecule has 1 N–H and O–H groups in total. The Kier molecular flexibility index (Phi) is 5.30. The van der Waals surface area contributed by atoms with Crippen molar-refractivity contribution in [3.8, 4) is 0 Å². The van der Waals surface area contributed by atoms with Gasteiger partial charge in [0.05, 0.1) is 6.10 Å². The molecule has 2 fully saturated rings. The van der Waals surface area contributed by atoms with Gasteiger partial charge in [0.1, 0.15) is 0 Å². The summed E-state index contributed by atoms with van der Waals surface area (Å²) in [4.78, 5) is 0. The lowest BCUT2D eigenvalue weighted by atomic mass is 9.95. The van der Waals surface area contributed by atoms with Crippen molar-refractivity contribution in [2.24, 2.45) is 5.92 Å². The lowest BCUT2D eigenvalue weighted by molar-refractivity contribution is 0.110. The molecule has 100 valence electrons. The van der Waals surface area contributed by atoms with Crippen LogP contribution in [0.4, 0.5) is 0 Å². The van der Waals surface area contributed by atoms with Gasteiger partial charge in [-0.25, -0.2) is 0 Å². The van der Waals surface area contributed by atoms with Crippen molar-refractivity contribution >= 4 is 0 Å². The van der Waals surface area contributed by atoms with Gasteiger partial charge >= 0.3 is 0 Å². The third kappa shape index (κ3) is 3.96. The number of ether oxygens (including phenoxy) is 1. The third-order valence-electron chi connectivity index (χ3n) is 4.61. The van der Waals surface area contributed by atoms with Crippen molar-refractivity contribution in [1.29, 1.82) is 0 Å². The summed E-state index contributed by atoms with van der Waals surface area (Å²) in [7, 11) is 0. The summed E-state index contributed by atoms with van der Waals surface area (Å²) in [6.45, 7) is 5.48. The maximum absolute atomic E-state index is 5.64. The molecule has 2 heteroatoms. The zero-order valence-electron chi connectivity index (χ0n) is 11.6. The highest BCUT2D eigenvalue weighted by Crippen LogP contribution is 2.27. The van der Waals surface area contributed by atoms with E-state index in [2.05, 4.69) is 19.2 Å². The van der Waals surface area contributed by atoms with Crippen LogP contribution < -0.4 is 5.32 Å². The molecule has 1 heterocycles. The van der Waals surface area contributed by atoms with E-state index in [1.165, 1.54) is 51.4 Å². The molecule has 1 aliphatic heterocycles. The van der Waals surface area contributed by atoms with Crippen LogP contribution in [0.25, 0.3) is 0 Å². The molecule has 4 unspecified atom stereocenters. The topological polar surface area (TPSA) is 21.3 Å². The summed E-state index contributed by atoms with van der Waals surface area (Å²) in [5.41, 5.74) is 0. The lowest BCUT2D eigenvalue weighted by Crippen LogP contribution is -2.41. The molecule has 0 aromatic carbocycles. The predicted octanol–water partition coefficient (Wildman–Crippen LogP) is 3.50. The molecule has 0 radical (unpaired) electrons. The molecule has 2 nitrogen and oxygen atoms in total. The van der Waals surface area contributed by atoms with E-state index in [0.29, 0.717) is 12.1 Å². The number of nitrogens with one attached hydrogen (secondary N) is 1. The van der Waals surface area contributed by atoms with E-state index in [4.69, 9.17) is 4.74 Å². The van der Waals surface area contributed by atoms with E-state index in [-0.39, 0.29) is 0 Å². The summed E-state index contributed by atoms with van der Waals surface area (Å²) in [6.07, 6.45) is 11.5. The second kappa shape index (κ2) is 6.75. The van der Waals surface area contributed by atoms with Crippen LogP contribution in [-0.4, -0.2) is 24.8 Å². The number of hydrogen-bond acceptors (Lipinski definition) is 2. The summed E-state index contributed by atoms with van der Waals surface area (Å²) in [5.74, 6) is 1.00. The van der Waals surface area contributed by atoms with E-state index >= 15 is 0 Å². The quantitative estimate of drug-likeness (QED) is 0.758. The van der Waals surface area contributed by atoms with Crippen molar-refractivity contribution in [1.82, 2.24) is 5.32 Å². The van der Waals surface area contributed by atoms with Crippen molar-refractivity contribution in [3.05, 3.63) is 0 Å². The van der Waals surface area contributed by atoms with Crippen LogP contribution in [0.15, 0.2) is 0 Å². The summed E-state index contributed by atoms with van der Waals surface area (Å²) < 4.78 is 5.64. The van der Waals surface area contributed by atoms with Crippen molar-refractivity contribution < 1.29 is 4.74 Å². The Morgan fingerprint density at radius 1 is 1.12 bits per heavy atom. The molecule has 2 aliphatic rings. The molecule has 0 aromatic rings. The van der Waals surface area contributed by atoms with Gasteiger partial charge < -0.3 is 10.1 Å². The minimum atomic E-state index is 0.421. The van der Waals surface area contributed by atoms with Crippen molar-refractivity contribution in [3.63, 3.8) is 0 Å². The Hall–Kier alpha value is -0.0800. The van der Waals surface area contributed by atoms with Gasteiger partial charge in [0.15, 0.2) is 0 Å². The maximum atomic E-state index is 5.64. The first kappa shape index (κ1) is 13.4. The van der Waals surface area contributed by atoms with Gasteiger partial charge in [0, 0.05) is 18.7 Å². The Balaban J connectivity index is 1.74. The molecular formula is C15H29NO. The minimum absolute atomic E-state index is 0.421. The van der Waals surface area contributed by atoms with Crippen molar-refractivity contribution in [2.75, 3.05) is 6.61 Å². The molecular weight excluding hydrogens is 210 g/mol. The van der Waals surface area contributed by atoms with Crippen LogP contribution in [0.5, 0.6) is 0 Å². The number of hydrogen-bond donors (Lipinski definition) is 1. The largest absolute Gasteiger partial charge is 0.377 e. The first-order valence-corrected chi connectivity index (χ1v) is 7.67. The standard InChI is InChI=1S/C15H29NO/c1-3-5-13-6-4-7-14(9-8-13)16-15-10-11-17-12(15)2/h12-16H,3-11H2,1-2H3. The zero-order chi connectivity index (χ0) is 12.1. The van der Waals surface area contributed by atoms with E-state index in [0.717, 1.165) is 18.6 Å². The van der Waals surface area contributed by atoms with Crippen LogP contribution in [0.3, 0.4) is 0 Å². The molecule has 1 saturated heterocycles. The molecule has 17 heavy (non-hydrogen) atoms. The number of rotatable bonds is 4. The maximum Gasteiger partial charge on any atom is 0.0700 e. The van der Waals surface area contributed by atoms with E-state index in [1.807, 2.05) is 0 Å². The molecule has 0 amide bonds. The fraction of sp³-hybridized carbons (Fsp3) is 1.00. The molecule has 1 aliphatic carbocycles. The first-order chi connectivity index (χ1) is 8.29. The Morgan fingerprint density at radius 2 is 2.00 bits per heavy atom. The first-order valence-electron chi connectivity index (χ1n) is 7.67. The SMILES string of the molecule is CCCC1CCCC(NC2CCOC2C)CC1. The third-order valence-corrected chi connectivity index (χ3v) is 4.61. The van der Waals surface area contributed by atoms with Crippen LogP contribution in [0.2, 0.25) is 0 Å². The van der Waals surface area contributed by atoms with Crippen LogP contribution in [0.1, 0.15) is 65.2 Å². The van der Waals surface area contributed by atoms with Gasteiger partial charge in [0.2, 0.25) is 0 Å². The van der Waals surface area contributed by atoms with Crippen LogP contribution in [-0.2, 0) is 4.74 Å². The fourth-order valence-electron chi connectivity index (χ4n) is 3.50. The van der Waals surface area contributed by atoms with Gasteiger partial charge in [-0.3, -0.25) is 0 Å². The van der Waals surface area contributed by atoms with Gasteiger partial charge in [-0.2, -0.15) is 0 Å². The molecule has 2 rings (SSSR count). The van der Waals surface area contributed by atoms with Gasteiger partial charge in [-0.15, -0.1) is 0 Å². The van der Waals surface area contributed by atoms with Crippen LogP contribution in [0, 0.1) is 5.92 Å². The molecule has 0 bridgehead atoms.